The highest BCUT2D eigenvalue weighted by atomic mass is 35.5. The van der Waals surface area contributed by atoms with E-state index in [0.717, 1.165) is 21.8 Å². The fourth-order valence-electron chi connectivity index (χ4n) is 2.03. The first-order valence-electron chi connectivity index (χ1n) is 6.59. The predicted molar refractivity (Wildman–Crippen MR) is 82.2 cm³/mol. The first-order chi connectivity index (χ1) is 10.2. The van der Waals surface area contributed by atoms with Crippen LogP contribution in [-0.4, -0.2) is 10.1 Å². The first-order valence-corrected chi connectivity index (χ1v) is 6.97. The maximum Gasteiger partial charge on any atom is 0.231 e. The Balaban J connectivity index is 1.68. The van der Waals surface area contributed by atoms with Gasteiger partial charge in [0.1, 0.15) is 0 Å². The summed E-state index contributed by atoms with van der Waals surface area (Å²) in [5.74, 6) is 1.27. The molecule has 21 heavy (non-hydrogen) atoms. The van der Waals surface area contributed by atoms with Crippen molar-refractivity contribution in [2.24, 2.45) is 0 Å². The van der Waals surface area contributed by atoms with Gasteiger partial charge in [-0.15, -0.1) is 0 Å². The molecule has 0 amide bonds. The van der Waals surface area contributed by atoms with Gasteiger partial charge in [0.05, 0.1) is 6.42 Å². The molecule has 4 nitrogen and oxygen atoms in total. The number of hydrogen-bond acceptors (Lipinski definition) is 4. The largest absolute Gasteiger partial charge is 0.399 e. The molecule has 106 valence electrons. The summed E-state index contributed by atoms with van der Waals surface area (Å²) in [5.41, 5.74) is 8.59. The molecule has 0 saturated carbocycles. The van der Waals surface area contributed by atoms with Crippen LogP contribution in [0.25, 0.3) is 0 Å². The number of nitrogens with two attached hydrogens (primary N) is 1. The summed E-state index contributed by atoms with van der Waals surface area (Å²) in [6.45, 7) is 0. The quantitative estimate of drug-likeness (QED) is 0.749. The zero-order valence-corrected chi connectivity index (χ0v) is 12.0. The molecule has 0 aliphatic heterocycles. The van der Waals surface area contributed by atoms with Crippen molar-refractivity contribution >= 4 is 17.3 Å². The summed E-state index contributed by atoms with van der Waals surface area (Å²) in [5, 5.41) is 4.72. The minimum absolute atomic E-state index is 0.601. The number of rotatable bonds is 4. The van der Waals surface area contributed by atoms with Crippen molar-refractivity contribution in [2.75, 3.05) is 5.73 Å². The maximum absolute atomic E-state index is 5.86. The summed E-state index contributed by atoms with van der Waals surface area (Å²) < 4.78 is 5.28. The van der Waals surface area contributed by atoms with Gasteiger partial charge in [-0.25, -0.2) is 0 Å². The van der Waals surface area contributed by atoms with Crippen LogP contribution < -0.4 is 5.73 Å². The molecular formula is C16H14ClN3O. The fraction of sp³-hybridized carbons (Fsp3) is 0.125. The molecule has 1 heterocycles. The van der Waals surface area contributed by atoms with Crippen LogP contribution in [0.4, 0.5) is 5.69 Å². The lowest BCUT2D eigenvalue weighted by atomic mass is 10.1. The summed E-state index contributed by atoms with van der Waals surface area (Å²) in [6.07, 6.45) is 1.23. The minimum Gasteiger partial charge on any atom is -0.399 e. The second kappa shape index (κ2) is 5.97. The van der Waals surface area contributed by atoms with Gasteiger partial charge in [-0.2, -0.15) is 4.98 Å². The monoisotopic (exact) mass is 299 g/mol. The molecule has 5 heteroatoms. The predicted octanol–water partition coefficient (Wildman–Crippen LogP) is 3.49. The van der Waals surface area contributed by atoms with Crippen LogP contribution in [0.2, 0.25) is 5.02 Å². The number of nitrogen functional groups attached to an aromatic ring is 1. The number of aromatic nitrogens is 2. The van der Waals surface area contributed by atoms with E-state index in [1.807, 2.05) is 48.5 Å². The number of anilines is 1. The molecule has 0 bridgehead atoms. The van der Waals surface area contributed by atoms with Gasteiger partial charge in [0.25, 0.3) is 0 Å². The Hall–Kier alpha value is -2.33. The van der Waals surface area contributed by atoms with Gasteiger partial charge < -0.3 is 10.3 Å². The van der Waals surface area contributed by atoms with Gasteiger partial charge in [0, 0.05) is 17.1 Å². The second-order valence-electron chi connectivity index (χ2n) is 4.83. The Morgan fingerprint density at radius 3 is 2.24 bits per heavy atom. The van der Waals surface area contributed by atoms with Crippen LogP contribution >= 0.6 is 11.6 Å². The zero-order valence-electron chi connectivity index (χ0n) is 11.3. The SMILES string of the molecule is Nc1ccc(Cc2nc(Cc3ccc(Cl)cc3)no2)cc1. The van der Waals surface area contributed by atoms with Crippen molar-refractivity contribution in [3.63, 3.8) is 0 Å². The Labute approximate surface area is 127 Å². The molecule has 3 rings (SSSR count). The van der Waals surface area contributed by atoms with Crippen molar-refractivity contribution in [3.8, 4) is 0 Å². The Bertz CT molecular complexity index is 658. The normalized spacial score (nSPS) is 10.7. The topological polar surface area (TPSA) is 64.9 Å². The highest BCUT2D eigenvalue weighted by molar-refractivity contribution is 6.30. The van der Waals surface area contributed by atoms with Crippen LogP contribution in [0.15, 0.2) is 53.1 Å². The molecule has 0 radical (unpaired) electrons. The standard InChI is InChI=1S/C16H14ClN3O/c17-13-5-1-11(2-6-13)9-15-19-16(21-20-15)10-12-3-7-14(18)8-4-12/h1-8H,9-10,18H2. The number of halogens is 1. The van der Waals surface area contributed by atoms with Crippen molar-refractivity contribution in [2.45, 2.75) is 12.8 Å². The van der Waals surface area contributed by atoms with Gasteiger partial charge in [-0.3, -0.25) is 0 Å². The fourth-order valence-corrected chi connectivity index (χ4v) is 2.15. The van der Waals surface area contributed by atoms with Crippen LogP contribution in [-0.2, 0) is 12.8 Å². The summed E-state index contributed by atoms with van der Waals surface area (Å²) in [6, 6.07) is 15.3. The van der Waals surface area contributed by atoms with E-state index in [4.69, 9.17) is 21.9 Å². The van der Waals surface area contributed by atoms with E-state index in [-0.39, 0.29) is 0 Å². The Morgan fingerprint density at radius 1 is 0.905 bits per heavy atom. The molecule has 3 aromatic rings. The molecule has 0 saturated heterocycles. The second-order valence-corrected chi connectivity index (χ2v) is 5.26. The van der Waals surface area contributed by atoms with Gasteiger partial charge >= 0.3 is 0 Å². The number of hydrogen-bond donors (Lipinski definition) is 1. The number of benzene rings is 2. The van der Waals surface area contributed by atoms with E-state index < -0.39 is 0 Å². The smallest absolute Gasteiger partial charge is 0.231 e. The third kappa shape index (κ3) is 3.61. The third-order valence-corrected chi connectivity index (χ3v) is 3.37. The molecule has 0 aliphatic carbocycles. The van der Waals surface area contributed by atoms with Crippen LogP contribution in [0.5, 0.6) is 0 Å². The Kier molecular flexibility index (Phi) is 3.88. The highest BCUT2D eigenvalue weighted by Gasteiger charge is 2.08. The average Bonchev–Trinajstić information content (AvgIpc) is 2.91. The lowest BCUT2D eigenvalue weighted by molar-refractivity contribution is 0.380. The molecule has 2 aromatic carbocycles. The molecular weight excluding hydrogens is 286 g/mol. The Morgan fingerprint density at radius 2 is 1.52 bits per heavy atom. The van der Waals surface area contributed by atoms with Gasteiger partial charge in [-0.05, 0) is 35.4 Å². The lowest BCUT2D eigenvalue weighted by Gasteiger charge is -1.97. The van der Waals surface area contributed by atoms with Gasteiger partial charge in [0.15, 0.2) is 5.82 Å². The van der Waals surface area contributed by atoms with E-state index in [0.29, 0.717) is 24.6 Å². The van der Waals surface area contributed by atoms with Crippen LogP contribution in [0.1, 0.15) is 22.8 Å². The van der Waals surface area contributed by atoms with E-state index >= 15 is 0 Å². The molecule has 1 aromatic heterocycles. The average molecular weight is 300 g/mol. The van der Waals surface area contributed by atoms with Gasteiger partial charge in [0.2, 0.25) is 5.89 Å². The van der Waals surface area contributed by atoms with E-state index in [1.54, 1.807) is 0 Å². The summed E-state index contributed by atoms with van der Waals surface area (Å²) in [4.78, 5) is 4.40. The molecule has 0 fully saturated rings. The summed E-state index contributed by atoms with van der Waals surface area (Å²) in [7, 11) is 0. The molecule has 0 aliphatic rings. The zero-order chi connectivity index (χ0) is 14.7. The van der Waals surface area contributed by atoms with Gasteiger partial charge in [-0.1, -0.05) is 41.0 Å². The maximum atomic E-state index is 5.86. The first kappa shape index (κ1) is 13.6. The van der Waals surface area contributed by atoms with E-state index in [2.05, 4.69) is 10.1 Å². The van der Waals surface area contributed by atoms with Crippen molar-refractivity contribution in [1.82, 2.24) is 10.1 Å². The number of nitrogens with zero attached hydrogens (tertiary/aromatic N) is 2. The van der Waals surface area contributed by atoms with E-state index in [1.165, 1.54) is 0 Å². The van der Waals surface area contributed by atoms with Crippen LogP contribution in [0, 0.1) is 0 Å². The molecule has 0 atom stereocenters. The van der Waals surface area contributed by atoms with Crippen molar-refractivity contribution < 1.29 is 4.52 Å². The minimum atomic E-state index is 0.601. The van der Waals surface area contributed by atoms with Crippen molar-refractivity contribution in [1.29, 1.82) is 0 Å². The van der Waals surface area contributed by atoms with Crippen molar-refractivity contribution in [3.05, 3.63) is 76.4 Å². The molecule has 0 unspecified atom stereocenters. The molecule has 0 spiro atoms. The lowest BCUT2D eigenvalue weighted by Crippen LogP contribution is -1.93. The third-order valence-electron chi connectivity index (χ3n) is 3.12. The van der Waals surface area contributed by atoms with Crippen LogP contribution in [0.3, 0.4) is 0 Å². The molecule has 2 N–H and O–H groups in total. The highest BCUT2D eigenvalue weighted by Crippen LogP contribution is 2.14. The van der Waals surface area contributed by atoms with E-state index in [9.17, 15) is 0 Å². The summed E-state index contributed by atoms with van der Waals surface area (Å²) >= 11 is 5.86.